The zero-order chi connectivity index (χ0) is 12.1. The van der Waals surface area contributed by atoms with Crippen LogP contribution >= 0.6 is 22.6 Å². The van der Waals surface area contributed by atoms with Gasteiger partial charge in [0, 0.05) is 28.9 Å². The van der Waals surface area contributed by atoms with E-state index in [1.165, 1.54) is 0 Å². The first-order chi connectivity index (χ1) is 8.25. The fraction of sp³-hybridized carbons (Fsp3) is 0.250. The zero-order valence-corrected chi connectivity index (χ0v) is 11.6. The standard InChI is InChI=1S/C12H15IN4/c13-9-3-4-11(10(14)8-9)15-5-1-2-12-16-6-7-17-12/h3-4,6-8,15H,1-2,5,14H2,(H,16,17). The monoisotopic (exact) mass is 342 g/mol. The van der Waals surface area contributed by atoms with Gasteiger partial charge in [0.1, 0.15) is 5.82 Å². The molecule has 4 nitrogen and oxygen atoms in total. The van der Waals surface area contributed by atoms with E-state index in [0.717, 1.165) is 40.2 Å². The van der Waals surface area contributed by atoms with E-state index in [1.807, 2.05) is 24.4 Å². The summed E-state index contributed by atoms with van der Waals surface area (Å²) in [5.41, 5.74) is 7.72. The summed E-state index contributed by atoms with van der Waals surface area (Å²) in [5, 5.41) is 3.33. The van der Waals surface area contributed by atoms with Gasteiger partial charge >= 0.3 is 0 Å². The Balaban J connectivity index is 1.78. The van der Waals surface area contributed by atoms with Crippen molar-refractivity contribution in [2.45, 2.75) is 12.8 Å². The van der Waals surface area contributed by atoms with E-state index in [1.54, 1.807) is 6.20 Å². The van der Waals surface area contributed by atoms with Crippen LogP contribution in [-0.4, -0.2) is 16.5 Å². The largest absolute Gasteiger partial charge is 0.397 e. The first-order valence-corrected chi connectivity index (χ1v) is 6.61. The molecule has 0 aliphatic heterocycles. The van der Waals surface area contributed by atoms with Gasteiger partial charge in [-0.15, -0.1) is 0 Å². The smallest absolute Gasteiger partial charge is 0.106 e. The molecule has 90 valence electrons. The molecule has 0 saturated carbocycles. The second kappa shape index (κ2) is 5.90. The normalized spacial score (nSPS) is 10.4. The number of imidazole rings is 1. The Morgan fingerprint density at radius 1 is 1.41 bits per heavy atom. The Morgan fingerprint density at radius 3 is 3.00 bits per heavy atom. The molecule has 0 aliphatic carbocycles. The minimum absolute atomic E-state index is 0.801. The average Bonchev–Trinajstić information content (AvgIpc) is 2.79. The summed E-state index contributed by atoms with van der Waals surface area (Å²) >= 11 is 2.25. The number of rotatable bonds is 5. The molecule has 1 aromatic carbocycles. The molecular weight excluding hydrogens is 327 g/mol. The van der Waals surface area contributed by atoms with Crippen molar-refractivity contribution in [1.82, 2.24) is 9.97 Å². The third kappa shape index (κ3) is 3.62. The molecule has 2 rings (SSSR count). The number of aryl methyl sites for hydroxylation is 1. The number of nitrogens with one attached hydrogen (secondary N) is 2. The summed E-state index contributed by atoms with van der Waals surface area (Å²) < 4.78 is 1.15. The van der Waals surface area contributed by atoms with Crippen molar-refractivity contribution >= 4 is 34.0 Å². The number of H-pyrrole nitrogens is 1. The Kier molecular flexibility index (Phi) is 4.24. The van der Waals surface area contributed by atoms with Crippen molar-refractivity contribution in [2.24, 2.45) is 0 Å². The fourth-order valence-electron chi connectivity index (χ4n) is 1.61. The topological polar surface area (TPSA) is 66.7 Å². The first-order valence-electron chi connectivity index (χ1n) is 5.53. The predicted octanol–water partition coefficient (Wildman–Crippen LogP) is 2.64. The van der Waals surface area contributed by atoms with Crippen molar-refractivity contribution in [2.75, 3.05) is 17.6 Å². The van der Waals surface area contributed by atoms with Gasteiger partial charge in [0.25, 0.3) is 0 Å². The number of aromatic nitrogens is 2. The third-order valence-electron chi connectivity index (χ3n) is 2.47. The lowest BCUT2D eigenvalue weighted by Crippen LogP contribution is -2.05. The van der Waals surface area contributed by atoms with E-state index in [0.29, 0.717) is 0 Å². The van der Waals surface area contributed by atoms with Crippen molar-refractivity contribution in [3.05, 3.63) is 40.0 Å². The van der Waals surface area contributed by atoms with Crippen LogP contribution in [0.1, 0.15) is 12.2 Å². The molecule has 0 spiro atoms. The van der Waals surface area contributed by atoms with Gasteiger partial charge in [0.15, 0.2) is 0 Å². The molecule has 4 N–H and O–H groups in total. The highest BCUT2D eigenvalue weighted by Crippen LogP contribution is 2.20. The molecular formula is C12H15IN4. The van der Waals surface area contributed by atoms with Gasteiger partial charge in [-0.25, -0.2) is 4.98 Å². The highest BCUT2D eigenvalue weighted by atomic mass is 127. The number of nitrogens with zero attached hydrogens (tertiary/aromatic N) is 1. The number of halogens is 1. The molecule has 0 atom stereocenters. The number of nitrogen functional groups attached to an aromatic ring is 1. The maximum atomic E-state index is 5.91. The quantitative estimate of drug-likeness (QED) is 0.445. The fourth-order valence-corrected chi connectivity index (χ4v) is 2.12. The summed E-state index contributed by atoms with van der Waals surface area (Å²) in [6.45, 7) is 0.894. The van der Waals surface area contributed by atoms with Crippen LogP contribution in [0.2, 0.25) is 0 Å². The summed E-state index contributed by atoms with van der Waals surface area (Å²) in [5.74, 6) is 1.03. The molecule has 0 amide bonds. The molecule has 2 aromatic rings. The molecule has 0 unspecified atom stereocenters. The third-order valence-corrected chi connectivity index (χ3v) is 3.15. The van der Waals surface area contributed by atoms with E-state index in [-0.39, 0.29) is 0 Å². The number of benzene rings is 1. The van der Waals surface area contributed by atoms with Crippen molar-refractivity contribution < 1.29 is 0 Å². The van der Waals surface area contributed by atoms with Crippen LogP contribution in [0, 0.1) is 3.57 Å². The maximum absolute atomic E-state index is 5.91. The highest BCUT2D eigenvalue weighted by molar-refractivity contribution is 14.1. The molecule has 0 radical (unpaired) electrons. The van der Waals surface area contributed by atoms with Crippen LogP contribution in [0.4, 0.5) is 11.4 Å². The molecule has 5 heteroatoms. The molecule has 0 aliphatic rings. The number of hydrogen-bond acceptors (Lipinski definition) is 3. The molecule has 0 fully saturated rings. The number of aromatic amines is 1. The number of anilines is 2. The summed E-state index contributed by atoms with van der Waals surface area (Å²) in [4.78, 5) is 7.27. The lowest BCUT2D eigenvalue weighted by atomic mass is 10.2. The van der Waals surface area contributed by atoms with E-state index in [9.17, 15) is 0 Å². The molecule has 1 aromatic heterocycles. The Labute approximate surface area is 114 Å². The highest BCUT2D eigenvalue weighted by Gasteiger charge is 1.99. The van der Waals surface area contributed by atoms with Crippen LogP contribution in [0.5, 0.6) is 0 Å². The predicted molar refractivity (Wildman–Crippen MR) is 79.0 cm³/mol. The van der Waals surface area contributed by atoms with Crippen molar-refractivity contribution in [1.29, 1.82) is 0 Å². The van der Waals surface area contributed by atoms with Gasteiger partial charge in [-0.2, -0.15) is 0 Å². The van der Waals surface area contributed by atoms with Gasteiger partial charge in [-0.1, -0.05) is 0 Å². The molecule has 17 heavy (non-hydrogen) atoms. The number of nitrogens with two attached hydrogens (primary N) is 1. The van der Waals surface area contributed by atoms with Crippen LogP contribution in [0.25, 0.3) is 0 Å². The lowest BCUT2D eigenvalue weighted by Gasteiger charge is -2.08. The van der Waals surface area contributed by atoms with Gasteiger partial charge < -0.3 is 16.0 Å². The lowest BCUT2D eigenvalue weighted by molar-refractivity contribution is 0.816. The van der Waals surface area contributed by atoms with Gasteiger partial charge in [0.2, 0.25) is 0 Å². The Hall–Kier alpha value is -1.24. The Bertz CT molecular complexity index is 467. The van der Waals surface area contributed by atoms with Gasteiger partial charge in [-0.05, 0) is 47.2 Å². The van der Waals surface area contributed by atoms with Crippen molar-refractivity contribution in [3.63, 3.8) is 0 Å². The van der Waals surface area contributed by atoms with E-state index >= 15 is 0 Å². The molecule has 0 saturated heterocycles. The SMILES string of the molecule is Nc1cc(I)ccc1NCCCc1ncc[nH]1. The minimum Gasteiger partial charge on any atom is -0.397 e. The van der Waals surface area contributed by atoms with Crippen LogP contribution < -0.4 is 11.1 Å². The summed E-state index contributed by atoms with van der Waals surface area (Å²) in [7, 11) is 0. The maximum Gasteiger partial charge on any atom is 0.106 e. The van der Waals surface area contributed by atoms with Crippen LogP contribution in [-0.2, 0) is 6.42 Å². The van der Waals surface area contributed by atoms with E-state index < -0.39 is 0 Å². The van der Waals surface area contributed by atoms with Gasteiger partial charge in [-0.3, -0.25) is 0 Å². The van der Waals surface area contributed by atoms with Gasteiger partial charge in [0.05, 0.1) is 11.4 Å². The van der Waals surface area contributed by atoms with E-state index in [2.05, 4.69) is 37.9 Å². The number of hydrogen-bond donors (Lipinski definition) is 3. The minimum atomic E-state index is 0.801. The van der Waals surface area contributed by atoms with Crippen LogP contribution in [0.3, 0.4) is 0 Å². The second-order valence-corrected chi connectivity index (χ2v) is 5.04. The summed E-state index contributed by atoms with van der Waals surface area (Å²) in [6.07, 6.45) is 5.60. The molecule has 0 bridgehead atoms. The second-order valence-electron chi connectivity index (χ2n) is 3.80. The Morgan fingerprint density at radius 2 is 2.29 bits per heavy atom. The van der Waals surface area contributed by atoms with Crippen molar-refractivity contribution in [3.8, 4) is 0 Å². The first kappa shape index (κ1) is 12.2. The zero-order valence-electron chi connectivity index (χ0n) is 9.41. The van der Waals surface area contributed by atoms with Crippen LogP contribution in [0.15, 0.2) is 30.6 Å². The molecule has 1 heterocycles. The average molecular weight is 342 g/mol. The summed E-state index contributed by atoms with van der Waals surface area (Å²) in [6, 6.07) is 6.03. The van der Waals surface area contributed by atoms with E-state index in [4.69, 9.17) is 5.73 Å².